The highest BCUT2D eigenvalue weighted by molar-refractivity contribution is 9.09. The van der Waals surface area contributed by atoms with E-state index in [0.717, 1.165) is 22.9 Å². The second kappa shape index (κ2) is 8.90. The molecule has 2 heterocycles. The van der Waals surface area contributed by atoms with Gasteiger partial charge < -0.3 is 29.4 Å². The van der Waals surface area contributed by atoms with E-state index in [2.05, 4.69) is 29.1 Å². The Morgan fingerprint density at radius 2 is 1.80 bits per heavy atom. The fourth-order valence-electron chi connectivity index (χ4n) is 2.06. The van der Waals surface area contributed by atoms with Gasteiger partial charge in [-0.1, -0.05) is 15.9 Å². The molecule has 6 N–H and O–H groups in total. The van der Waals surface area contributed by atoms with Crippen LogP contribution < -0.4 is 11.2 Å². The fraction of sp³-hybridized carbons (Fsp3) is 0.400. The molecule has 0 bridgehead atoms. The smallest absolute Gasteiger partial charge is 0.466 e. The molecule has 2 rings (SSSR count). The van der Waals surface area contributed by atoms with E-state index in [9.17, 15) is 33.3 Å². The van der Waals surface area contributed by atoms with Gasteiger partial charge in [-0.2, -0.15) is 8.62 Å². The first-order chi connectivity index (χ1) is 13.6. The van der Waals surface area contributed by atoms with Crippen LogP contribution in [0.25, 0.3) is 5.88 Å². The molecule has 170 valence electrons. The summed E-state index contributed by atoms with van der Waals surface area (Å²) >= 11 is 2.99. The number of aromatic nitrogens is 2. The number of hydrogen-bond donors (Lipinski definition) is 6. The number of aliphatic hydroxyl groups is 1. The van der Waals surface area contributed by atoms with E-state index in [-0.39, 0.29) is 11.2 Å². The summed E-state index contributed by atoms with van der Waals surface area (Å²) in [7, 11) is -16.8. The van der Waals surface area contributed by atoms with Crippen LogP contribution in [0.3, 0.4) is 0 Å². The number of aliphatic hydroxyl groups excluding tert-OH is 1. The Bertz CT molecular complexity index is 1090. The first kappa shape index (κ1) is 25.3. The third-order valence-electron chi connectivity index (χ3n) is 3.32. The second-order valence-corrected chi connectivity index (χ2v) is 10.6. The summed E-state index contributed by atoms with van der Waals surface area (Å²) in [6.07, 6.45) is 0.492. The van der Waals surface area contributed by atoms with E-state index in [1.165, 1.54) is 0 Å². The van der Waals surface area contributed by atoms with Crippen molar-refractivity contribution in [2.24, 2.45) is 0 Å². The summed E-state index contributed by atoms with van der Waals surface area (Å²) in [6.45, 7) is -0.985. The number of H-pyrrole nitrogens is 1. The van der Waals surface area contributed by atoms with Crippen LogP contribution in [0.15, 0.2) is 27.9 Å². The molecule has 30 heavy (non-hydrogen) atoms. The van der Waals surface area contributed by atoms with E-state index >= 15 is 0 Å². The molecule has 2 unspecified atom stereocenters. The number of rotatable bonds is 9. The predicted octanol–water partition coefficient (Wildman–Crippen LogP) is -0.797. The lowest BCUT2D eigenvalue weighted by Crippen LogP contribution is -2.46. The summed E-state index contributed by atoms with van der Waals surface area (Å²) in [5, 5.41) is 9.99. The van der Waals surface area contributed by atoms with E-state index in [1.54, 1.807) is 0 Å². The van der Waals surface area contributed by atoms with Gasteiger partial charge >= 0.3 is 29.2 Å². The number of alkyl halides is 1. The molecule has 0 radical (unpaired) electrons. The maximum absolute atomic E-state index is 11.9. The van der Waals surface area contributed by atoms with Crippen molar-refractivity contribution in [2.45, 2.75) is 11.7 Å². The van der Waals surface area contributed by atoms with E-state index in [0.29, 0.717) is 0 Å². The molecule has 1 aromatic rings. The van der Waals surface area contributed by atoms with Crippen molar-refractivity contribution < 1.29 is 56.3 Å². The summed E-state index contributed by atoms with van der Waals surface area (Å²) < 4.78 is 51.7. The zero-order valence-electron chi connectivity index (χ0n) is 14.3. The summed E-state index contributed by atoms with van der Waals surface area (Å²) in [5.74, 6) is -0.279. The van der Waals surface area contributed by atoms with Gasteiger partial charge in [0.15, 0.2) is 5.60 Å². The maximum atomic E-state index is 11.9. The number of nitrogens with one attached hydrogen (secondary N) is 1. The molecule has 1 aliphatic heterocycles. The van der Waals surface area contributed by atoms with Crippen molar-refractivity contribution in [1.82, 2.24) is 9.55 Å². The van der Waals surface area contributed by atoms with Crippen molar-refractivity contribution in [3.63, 3.8) is 0 Å². The highest BCUT2D eigenvalue weighted by Crippen LogP contribution is 2.66. The quantitative estimate of drug-likeness (QED) is 0.160. The highest BCUT2D eigenvalue weighted by atomic mass is 79.9. The average molecular weight is 559 g/mol. The Labute approximate surface area is 174 Å². The third kappa shape index (κ3) is 6.53. The van der Waals surface area contributed by atoms with Gasteiger partial charge in [0.2, 0.25) is 5.88 Å². The van der Waals surface area contributed by atoms with Gasteiger partial charge in [-0.15, -0.1) is 0 Å². The number of halogens is 1. The number of aromatic amines is 1. The van der Waals surface area contributed by atoms with Crippen molar-refractivity contribution in [3.8, 4) is 0 Å². The van der Waals surface area contributed by atoms with Crippen molar-refractivity contribution in [3.05, 3.63) is 39.2 Å². The molecule has 1 aromatic heterocycles. The van der Waals surface area contributed by atoms with E-state index < -0.39 is 53.0 Å². The van der Waals surface area contributed by atoms with Crippen LogP contribution in [-0.2, 0) is 31.6 Å². The molecule has 0 fully saturated rings. The molecular formula is C10H14BrN2O14P3. The second-order valence-electron chi connectivity index (χ2n) is 5.59. The average Bonchev–Trinajstić information content (AvgIpc) is 2.86. The summed E-state index contributed by atoms with van der Waals surface area (Å²) in [4.78, 5) is 60.6. The van der Waals surface area contributed by atoms with Crippen LogP contribution in [0.2, 0.25) is 0 Å². The first-order valence-electron chi connectivity index (χ1n) is 7.34. The van der Waals surface area contributed by atoms with Crippen LogP contribution in [0.1, 0.15) is 0 Å². The highest BCUT2D eigenvalue weighted by Gasteiger charge is 2.48. The molecule has 20 heteroatoms. The van der Waals surface area contributed by atoms with Gasteiger partial charge in [0.05, 0.1) is 0 Å². The standard InChI is InChI=1S/C10H14BrN2O14P3/c11-4-10(5-24-29(20,21)27-30(22,23)26-28(17,18)19)6(14)3-8(25-10)13-2-1-7(15)12-9(13)16/h1-3,6,14H,4-5H2,(H,20,21)(H,22,23)(H,12,15,16)(H2,17,18,19)/t6-,10+/m0/s1. The van der Waals surface area contributed by atoms with Gasteiger partial charge in [0.1, 0.15) is 12.7 Å². The molecule has 0 aliphatic carbocycles. The Morgan fingerprint density at radius 3 is 2.33 bits per heavy atom. The van der Waals surface area contributed by atoms with Gasteiger partial charge in [-0.3, -0.25) is 14.3 Å². The predicted molar refractivity (Wildman–Crippen MR) is 99.0 cm³/mol. The Kier molecular flexibility index (Phi) is 7.52. The van der Waals surface area contributed by atoms with Gasteiger partial charge in [0.25, 0.3) is 5.56 Å². The summed E-state index contributed by atoms with van der Waals surface area (Å²) in [6, 6.07) is 0.984. The Balaban J connectivity index is 2.15. The number of phosphoric acid groups is 3. The minimum atomic E-state index is -5.72. The lowest BCUT2D eigenvalue weighted by atomic mass is 10.0. The SMILES string of the molecule is O=c1ccn(C2=C[C@H](O)[C@@](CBr)(COP(=O)(O)OP(=O)(O)OP(=O)(O)O)O2)c(=O)[nH]1. The van der Waals surface area contributed by atoms with E-state index in [4.69, 9.17) is 19.4 Å². The van der Waals surface area contributed by atoms with Gasteiger partial charge in [-0.25, -0.2) is 23.1 Å². The number of hydrogen-bond acceptors (Lipinski definition) is 10. The van der Waals surface area contributed by atoms with Crippen LogP contribution in [0.5, 0.6) is 0 Å². The van der Waals surface area contributed by atoms with Crippen LogP contribution in [-0.4, -0.2) is 57.9 Å². The van der Waals surface area contributed by atoms with Crippen molar-refractivity contribution in [2.75, 3.05) is 11.9 Å². The monoisotopic (exact) mass is 558 g/mol. The number of phosphoric ester groups is 1. The maximum Gasteiger partial charge on any atom is 0.490 e. The number of ether oxygens (including phenoxy) is 1. The molecule has 0 saturated heterocycles. The fourth-order valence-corrected chi connectivity index (χ4v) is 5.75. The van der Waals surface area contributed by atoms with Gasteiger partial charge in [0, 0.05) is 23.7 Å². The van der Waals surface area contributed by atoms with Crippen LogP contribution >= 0.6 is 39.4 Å². The molecular weight excluding hydrogens is 545 g/mol. The molecule has 4 atom stereocenters. The first-order valence-corrected chi connectivity index (χ1v) is 13.0. The zero-order chi connectivity index (χ0) is 23.0. The topological polar surface area (TPSA) is 244 Å². The molecule has 1 aliphatic rings. The summed E-state index contributed by atoms with van der Waals surface area (Å²) in [5.41, 5.74) is -3.47. The van der Waals surface area contributed by atoms with Gasteiger partial charge in [-0.05, 0) is 0 Å². The van der Waals surface area contributed by atoms with E-state index in [1.807, 2.05) is 4.98 Å². The minimum absolute atomic E-state index is 0.269. The molecule has 16 nitrogen and oxygen atoms in total. The molecule has 0 saturated carbocycles. The van der Waals surface area contributed by atoms with Crippen LogP contribution in [0.4, 0.5) is 0 Å². The largest absolute Gasteiger partial charge is 0.490 e. The lowest BCUT2D eigenvalue weighted by Gasteiger charge is -2.31. The number of nitrogens with zero attached hydrogens (tertiary/aromatic N) is 1. The molecule has 0 amide bonds. The zero-order valence-corrected chi connectivity index (χ0v) is 18.6. The normalized spacial score (nSPS) is 25.8. The van der Waals surface area contributed by atoms with Crippen molar-refractivity contribution in [1.29, 1.82) is 0 Å². The minimum Gasteiger partial charge on any atom is -0.466 e. The molecule has 0 spiro atoms. The molecule has 0 aromatic carbocycles. The van der Waals surface area contributed by atoms with Crippen LogP contribution in [0, 0.1) is 0 Å². The Morgan fingerprint density at radius 1 is 1.17 bits per heavy atom. The lowest BCUT2D eigenvalue weighted by molar-refractivity contribution is -0.0496. The van der Waals surface area contributed by atoms with Crippen molar-refractivity contribution >= 4 is 45.3 Å². The Hall–Kier alpha value is -0.930. The third-order valence-corrected chi connectivity index (χ3v) is 8.05.